The average Bonchev–Trinajstić information content (AvgIpc) is 2.37. The van der Waals surface area contributed by atoms with Crippen LogP contribution in [0.2, 0.25) is 0 Å². The third kappa shape index (κ3) is 4.20. The standard InChI is InChI=1S/C16H32N2O/c1-12(2)10-13(3)18(6)15(19)16(4,5)14-8-7-9-17-11-14/h12-14,17H,7-11H2,1-6H3. The first-order valence-corrected chi connectivity index (χ1v) is 7.74. The van der Waals surface area contributed by atoms with Crippen LogP contribution < -0.4 is 5.32 Å². The molecule has 1 aliphatic rings. The van der Waals surface area contributed by atoms with E-state index in [0.29, 0.717) is 23.8 Å². The summed E-state index contributed by atoms with van der Waals surface area (Å²) in [6, 6.07) is 0.323. The molecule has 112 valence electrons. The maximum atomic E-state index is 12.8. The van der Waals surface area contributed by atoms with Crippen LogP contribution in [-0.2, 0) is 4.79 Å². The smallest absolute Gasteiger partial charge is 0.228 e. The highest BCUT2D eigenvalue weighted by atomic mass is 16.2. The molecule has 1 amide bonds. The van der Waals surface area contributed by atoms with E-state index in [0.717, 1.165) is 25.9 Å². The van der Waals surface area contributed by atoms with Crippen LogP contribution in [0, 0.1) is 17.3 Å². The molecule has 2 atom stereocenters. The molecule has 1 N–H and O–H groups in total. The maximum absolute atomic E-state index is 12.8. The molecule has 1 fully saturated rings. The normalized spacial score (nSPS) is 22.4. The SMILES string of the molecule is CC(C)CC(C)N(C)C(=O)C(C)(C)C1CCCNC1. The van der Waals surface area contributed by atoms with Gasteiger partial charge >= 0.3 is 0 Å². The van der Waals surface area contributed by atoms with Crippen molar-refractivity contribution >= 4 is 5.91 Å². The fourth-order valence-electron chi connectivity index (χ4n) is 3.14. The van der Waals surface area contributed by atoms with Gasteiger partial charge in [-0.25, -0.2) is 0 Å². The Morgan fingerprint density at radius 2 is 2.00 bits per heavy atom. The summed E-state index contributed by atoms with van der Waals surface area (Å²) >= 11 is 0. The van der Waals surface area contributed by atoms with Crippen molar-refractivity contribution in [3.63, 3.8) is 0 Å². The third-order valence-electron chi connectivity index (χ3n) is 4.66. The van der Waals surface area contributed by atoms with E-state index >= 15 is 0 Å². The Kier molecular flexibility index (Phi) is 5.84. The molecule has 0 aromatic carbocycles. The minimum atomic E-state index is -0.257. The van der Waals surface area contributed by atoms with Gasteiger partial charge in [-0.05, 0) is 51.1 Å². The molecule has 0 aromatic rings. The number of carbonyl (C=O) groups excluding carboxylic acids is 1. The number of hydrogen-bond acceptors (Lipinski definition) is 2. The van der Waals surface area contributed by atoms with Crippen molar-refractivity contribution < 1.29 is 4.79 Å². The highest BCUT2D eigenvalue weighted by Crippen LogP contribution is 2.34. The Bertz CT molecular complexity index is 293. The number of piperidine rings is 1. The van der Waals surface area contributed by atoms with E-state index in [1.807, 2.05) is 11.9 Å². The van der Waals surface area contributed by atoms with Gasteiger partial charge < -0.3 is 10.2 Å². The molecule has 1 aliphatic heterocycles. The highest BCUT2D eigenvalue weighted by molar-refractivity contribution is 5.82. The molecule has 3 nitrogen and oxygen atoms in total. The molecule has 19 heavy (non-hydrogen) atoms. The lowest BCUT2D eigenvalue weighted by atomic mass is 9.74. The number of rotatable bonds is 5. The zero-order chi connectivity index (χ0) is 14.6. The molecule has 0 spiro atoms. The molecule has 0 radical (unpaired) electrons. The van der Waals surface area contributed by atoms with Gasteiger partial charge in [-0.1, -0.05) is 27.7 Å². The zero-order valence-electron chi connectivity index (χ0n) is 13.6. The maximum Gasteiger partial charge on any atom is 0.228 e. The summed E-state index contributed by atoms with van der Waals surface area (Å²) in [4.78, 5) is 14.8. The predicted octanol–water partition coefficient (Wildman–Crippen LogP) is 2.91. The second-order valence-electron chi connectivity index (χ2n) is 7.16. The van der Waals surface area contributed by atoms with Gasteiger partial charge in [0.25, 0.3) is 0 Å². The summed E-state index contributed by atoms with van der Waals surface area (Å²) in [5, 5.41) is 3.43. The molecule has 0 bridgehead atoms. The average molecular weight is 268 g/mol. The Balaban J connectivity index is 2.67. The van der Waals surface area contributed by atoms with Gasteiger partial charge in [0.05, 0.1) is 0 Å². The van der Waals surface area contributed by atoms with Crippen LogP contribution in [0.5, 0.6) is 0 Å². The predicted molar refractivity (Wildman–Crippen MR) is 81.1 cm³/mol. The Morgan fingerprint density at radius 3 is 2.47 bits per heavy atom. The van der Waals surface area contributed by atoms with Crippen molar-refractivity contribution in [3.05, 3.63) is 0 Å². The number of nitrogens with zero attached hydrogens (tertiary/aromatic N) is 1. The van der Waals surface area contributed by atoms with Crippen LogP contribution in [-0.4, -0.2) is 37.0 Å². The number of nitrogens with one attached hydrogen (secondary N) is 1. The van der Waals surface area contributed by atoms with Gasteiger partial charge in [0.2, 0.25) is 5.91 Å². The first kappa shape index (κ1) is 16.5. The van der Waals surface area contributed by atoms with Crippen LogP contribution in [0.1, 0.15) is 53.9 Å². The van der Waals surface area contributed by atoms with Crippen LogP contribution in [0.3, 0.4) is 0 Å². The lowest BCUT2D eigenvalue weighted by Crippen LogP contribution is -2.50. The molecule has 0 aliphatic carbocycles. The van der Waals surface area contributed by atoms with E-state index < -0.39 is 0 Å². The largest absolute Gasteiger partial charge is 0.343 e. The van der Waals surface area contributed by atoms with E-state index in [-0.39, 0.29) is 5.41 Å². The van der Waals surface area contributed by atoms with Crippen molar-refractivity contribution in [2.75, 3.05) is 20.1 Å². The molecule has 0 aromatic heterocycles. The highest BCUT2D eigenvalue weighted by Gasteiger charge is 2.39. The van der Waals surface area contributed by atoms with E-state index in [1.54, 1.807) is 0 Å². The van der Waals surface area contributed by atoms with E-state index in [1.165, 1.54) is 6.42 Å². The van der Waals surface area contributed by atoms with Crippen LogP contribution in [0.15, 0.2) is 0 Å². The van der Waals surface area contributed by atoms with Gasteiger partial charge in [0.15, 0.2) is 0 Å². The van der Waals surface area contributed by atoms with Crippen LogP contribution >= 0.6 is 0 Å². The molecular weight excluding hydrogens is 236 g/mol. The molecule has 0 saturated carbocycles. The lowest BCUT2D eigenvalue weighted by Gasteiger charge is -2.40. The summed E-state index contributed by atoms with van der Waals surface area (Å²) in [5.41, 5.74) is -0.257. The number of hydrogen-bond donors (Lipinski definition) is 1. The molecule has 1 rings (SSSR count). The zero-order valence-corrected chi connectivity index (χ0v) is 13.6. The first-order valence-electron chi connectivity index (χ1n) is 7.74. The molecular formula is C16H32N2O. The number of amides is 1. The summed E-state index contributed by atoms with van der Waals surface area (Å²) < 4.78 is 0. The van der Waals surface area contributed by atoms with Crippen LogP contribution in [0.25, 0.3) is 0 Å². The number of carbonyl (C=O) groups is 1. The van der Waals surface area contributed by atoms with Crippen molar-refractivity contribution in [1.29, 1.82) is 0 Å². The molecule has 3 heteroatoms. The molecule has 2 unspecified atom stereocenters. The Morgan fingerprint density at radius 1 is 1.37 bits per heavy atom. The van der Waals surface area contributed by atoms with Gasteiger partial charge in [0, 0.05) is 18.5 Å². The van der Waals surface area contributed by atoms with Gasteiger partial charge in [-0.15, -0.1) is 0 Å². The summed E-state index contributed by atoms with van der Waals surface area (Å²) in [5.74, 6) is 1.39. The van der Waals surface area contributed by atoms with Gasteiger partial charge in [-0.2, -0.15) is 0 Å². The minimum Gasteiger partial charge on any atom is -0.343 e. The van der Waals surface area contributed by atoms with Crippen molar-refractivity contribution in [2.45, 2.75) is 59.9 Å². The summed E-state index contributed by atoms with van der Waals surface area (Å²) in [6.07, 6.45) is 3.42. The summed E-state index contributed by atoms with van der Waals surface area (Å²) in [6.45, 7) is 12.9. The first-order chi connectivity index (χ1) is 8.76. The van der Waals surface area contributed by atoms with Crippen molar-refractivity contribution in [1.82, 2.24) is 10.2 Å². The second-order valence-corrected chi connectivity index (χ2v) is 7.16. The van der Waals surface area contributed by atoms with E-state index in [4.69, 9.17) is 0 Å². The van der Waals surface area contributed by atoms with Crippen molar-refractivity contribution in [2.24, 2.45) is 17.3 Å². The van der Waals surface area contributed by atoms with Gasteiger partial charge in [0.1, 0.15) is 0 Å². The topological polar surface area (TPSA) is 32.3 Å². The van der Waals surface area contributed by atoms with Crippen LogP contribution in [0.4, 0.5) is 0 Å². The molecule has 1 heterocycles. The van der Waals surface area contributed by atoms with E-state index in [2.05, 4.69) is 39.9 Å². The fraction of sp³-hybridized carbons (Fsp3) is 0.938. The Hall–Kier alpha value is -0.570. The monoisotopic (exact) mass is 268 g/mol. The van der Waals surface area contributed by atoms with E-state index in [9.17, 15) is 4.79 Å². The Labute approximate surface area is 119 Å². The second kappa shape index (κ2) is 6.74. The van der Waals surface area contributed by atoms with Crippen molar-refractivity contribution in [3.8, 4) is 0 Å². The van der Waals surface area contributed by atoms with Gasteiger partial charge in [-0.3, -0.25) is 4.79 Å². The lowest BCUT2D eigenvalue weighted by molar-refractivity contribution is -0.144. The fourth-order valence-corrected chi connectivity index (χ4v) is 3.14. The molecule has 1 saturated heterocycles. The quantitative estimate of drug-likeness (QED) is 0.831. The summed E-state index contributed by atoms with van der Waals surface area (Å²) in [7, 11) is 1.97. The minimum absolute atomic E-state index is 0.257. The third-order valence-corrected chi connectivity index (χ3v) is 4.66.